The molecule has 1 saturated heterocycles. The molecule has 1 fully saturated rings. The van der Waals surface area contributed by atoms with Gasteiger partial charge in [0, 0.05) is 25.2 Å². The van der Waals surface area contributed by atoms with Gasteiger partial charge in [-0.25, -0.2) is 4.98 Å². The molecule has 2 aromatic carbocycles. The summed E-state index contributed by atoms with van der Waals surface area (Å²) in [4.78, 5) is 23.0. The van der Waals surface area contributed by atoms with Gasteiger partial charge in [-0.1, -0.05) is 30.3 Å². The predicted molar refractivity (Wildman–Crippen MR) is 110 cm³/mol. The van der Waals surface area contributed by atoms with Crippen LogP contribution in [0.4, 0.5) is 5.95 Å². The van der Waals surface area contributed by atoms with Crippen LogP contribution < -0.4 is 15.0 Å². The first-order valence-electron chi connectivity index (χ1n) is 9.92. The van der Waals surface area contributed by atoms with Crippen molar-refractivity contribution < 1.29 is 9.53 Å². The van der Waals surface area contributed by atoms with Crippen LogP contribution in [-0.2, 0) is 11.3 Å². The van der Waals surface area contributed by atoms with Crippen LogP contribution in [0.2, 0.25) is 0 Å². The van der Waals surface area contributed by atoms with Crippen LogP contribution in [0.3, 0.4) is 0 Å². The van der Waals surface area contributed by atoms with Crippen LogP contribution in [0.15, 0.2) is 48.5 Å². The fourth-order valence-electron chi connectivity index (χ4n) is 3.75. The molecule has 6 heteroatoms. The number of fused-ring (bicyclic) bond motifs is 1. The fraction of sp³-hybridized carbons (Fsp3) is 0.364. The zero-order chi connectivity index (χ0) is 19.3. The second-order valence-corrected chi connectivity index (χ2v) is 7.12. The second-order valence-electron chi connectivity index (χ2n) is 7.12. The highest BCUT2D eigenvalue weighted by Gasteiger charge is 2.27. The molecule has 1 amide bonds. The third-order valence-electron chi connectivity index (χ3n) is 5.19. The van der Waals surface area contributed by atoms with Gasteiger partial charge in [0.25, 0.3) is 0 Å². The molecule has 0 spiro atoms. The third-order valence-corrected chi connectivity index (χ3v) is 5.19. The number of carbonyl (C=O) groups excluding carboxylic acids is 1. The zero-order valence-electron chi connectivity index (χ0n) is 16.1. The number of hydrogen-bond donors (Lipinski definition) is 2. The van der Waals surface area contributed by atoms with Gasteiger partial charge in [0.1, 0.15) is 5.75 Å². The number of benzene rings is 2. The molecule has 1 aromatic heterocycles. The molecule has 146 valence electrons. The first kappa shape index (κ1) is 18.3. The highest BCUT2D eigenvalue weighted by molar-refractivity contribution is 5.80. The van der Waals surface area contributed by atoms with Crippen LogP contribution in [-0.4, -0.2) is 35.6 Å². The SMILES string of the molecule is CCOc1ccccc1CNC(=O)[C@H]1CCCN(c2nc3ccccc3[nH]2)C1. The zero-order valence-corrected chi connectivity index (χ0v) is 16.1. The molecule has 2 heterocycles. The number of aromatic nitrogens is 2. The van der Waals surface area contributed by atoms with Crippen molar-refractivity contribution >= 4 is 22.9 Å². The Morgan fingerprint density at radius 1 is 1.25 bits per heavy atom. The Kier molecular flexibility index (Phi) is 5.46. The average Bonchev–Trinajstić information content (AvgIpc) is 3.18. The normalized spacial score (nSPS) is 16.9. The summed E-state index contributed by atoms with van der Waals surface area (Å²) in [5.74, 6) is 1.73. The van der Waals surface area contributed by atoms with E-state index in [1.807, 2.05) is 55.5 Å². The Balaban J connectivity index is 1.39. The van der Waals surface area contributed by atoms with Crippen molar-refractivity contribution in [3.8, 4) is 5.75 Å². The van der Waals surface area contributed by atoms with Gasteiger partial charge >= 0.3 is 0 Å². The lowest BCUT2D eigenvalue weighted by molar-refractivity contribution is -0.125. The van der Waals surface area contributed by atoms with E-state index in [0.29, 0.717) is 19.7 Å². The largest absolute Gasteiger partial charge is 0.494 e. The summed E-state index contributed by atoms with van der Waals surface area (Å²) in [7, 11) is 0. The Morgan fingerprint density at radius 2 is 2.07 bits per heavy atom. The summed E-state index contributed by atoms with van der Waals surface area (Å²) in [6.45, 7) is 4.65. The summed E-state index contributed by atoms with van der Waals surface area (Å²) in [6.07, 6.45) is 1.88. The monoisotopic (exact) mass is 378 g/mol. The molecule has 2 N–H and O–H groups in total. The minimum atomic E-state index is -0.0405. The number of imidazole rings is 1. The van der Waals surface area contributed by atoms with Crippen molar-refractivity contribution in [1.29, 1.82) is 0 Å². The van der Waals surface area contributed by atoms with E-state index in [9.17, 15) is 4.79 Å². The number of para-hydroxylation sites is 3. The average molecular weight is 378 g/mol. The van der Waals surface area contributed by atoms with Crippen molar-refractivity contribution in [3.05, 3.63) is 54.1 Å². The molecule has 0 radical (unpaired) electrons. The molecule has 1 aliphatic rings. The number of nitrogens with one attached hydrogen (secondary N) is 2. The molecular weight excluding hydrogens is 352 g/mol. The molecule has 0 unspecified atom stereocenters. The van der Waals surface area contributed by atoms with Crippen molar-refractivity contribution in [2.24, 2.45) is 5.92 Å². The molecule has 6 nitrogen and oxygen atoms in total. The topological polar surface area (TPSA) is 70.2 Å². The van der Waals surface area contributed by atoms with E-state index in [4.69, 9.17) is 4.74 Å². The summed E-state index contributed by atoms with van der Waals surface area (Å²) in [5.41, 5.74) is 2.98. The van der Waals surface area contributed by atoms with Gasteiger partial charge in [0.05, 0.1) is 23.6 Å². The van der Waals surface area contributed by atoms with Crippen LogP contribution in [0, 0.1) is 5.92 Å². The lowest BCUT2D eigenvalue weighted by Crippen LogP contribution is -2.43. The van der Waals surface area contributed by atoms with E-state index < -0.39 is 0 Å². The predicted octanol–water partition coefficient (Wildman–Crippen LogP) is 3.49. The molecule has 0 bridgehead atoms. The van der Waals surface area contributed by atoms with E-state index in [-0.39, 0.29) is 11.8 Å². The van der Waals surface area contributed by atoms with Crippen molar-refractivity contribution in [1.82, 2.24) is 15.3 Å². The van der Waals surface area contributed by atoms with Gasteiger partial charge in [0.15, 0.2) is 0 Å². The van der Waals surface area contributed by atoms with Crippen molar-refractivity contribution in [2.75, 3.05) is 24.6 Å². The van der Waals surface area contributed by atoms with Gasteiger partial charge in [0.2, 0.25) is 11.9 Å². The minimum absolute atomic E-state index is 0.0405. The number of aromatic amines is 1. The number of hydrogen-bond acceptors (Lipinski definition) is 4. The Hall–Kier alpha value is -3.02. The number of ether oxygens (including phenoxy) is 1. The van der Waals surface area contributed by atoms with Crippen molar-refractivity contribution in [3.63, 3.8) is 0 Å². The smallest absolute Gasteiger partial charge is 0.225 e. The molecule has 1 aliphatic heterocycles. The molecular formula is C22H26N4O2. The van der Waals surface area contributed by atoms with Crippen molar-refractivity contribution in [2.45, 2.75) is 26.3 Å². The number of anilines is 1. The summed E-state index contributed by atoms with van der Waals surface area (Å²) in [6, 6.07) is 15.9. The number of H-pyrrole nitrogens is 1. The highest BCUT2D eigenvalue weighted by atomic mass is 16.5. The van der Waals surface area contributed by atoms with Crippen LogP contribution >= 0.6 is 0 Å². The molecule has 0 saturated carbocycles. The maximum absolute atomic E-state index is 12.8. The standard InChI is InChI=1S/C22H26N4O2/c1-2-28-20-12-6-3-8-16(20)14-23-21(27)17-9-7-13-26(15-17)22-24-18-10-4-5-11-19(18)25-22/h3-6,8,10-12,17H,2,7,9,13-15H2,1H3,(H,23,27)(H,24,25)/t17-/m0/s1. The highest BCUT2D eigenvalue weighted by Crippen LogP contribution is 2.24. The first-order chi connectivity index (χ1) is 13.7. The van der Waals surface area contributed by atoms with Gasteiger partial charge in [-0.2, -0.15) is 0 Å². The molecule has 0 aliphatic carbocycles. The van der Waals surface area contributed by atoms with E-state index in [1.165, 1.54) is 0 Å². The number of amides is 1. The Bertz CT molecular complexity index is 919. The summed E-state index contributed by atoms with van der Waals surface area (Å²) < 4.78 is 5.65. The minimum Gasteiger partial charge on any atom is -0.494 e. The van der Waals surface area contributed by atoms with E-state index in [1.54, 1.807) is 0 Å². The van der Waals surface area contributed by atoms with Gasteiger partial charge in [-0.05, 0) is 38.0 Å². The Morgan fingerprint density at radius 3 is 2.93 bits per heavy atom. The van der Waals surface area contributed by atoms with Crippen LogP contribution in [0.5, 0.6) is 5.75 Å². The fourth-order valence-corrected chi connectivity index (χ4v) is 3.75. The number of nitrogens with zero attached hydrogens (tertiary/aromatic N) is 2. The van der Waals surface area contributed by atoms with E-state index in [2.05, 4.69) is 20.2 Å². The molecule has 28 heavy (non-hydrogen) atoms. The van der Waals surface area contributed by atoms with E-state index >= 15 is 0 Å². The number of piperidine rings is 1. The quantitative estimate of drug-likeness (QED) is 0.689. The summed E-state index contributed by atoms with van der Waals surface area (Å²) in [5, 5.41) is 3.09. The number of carbonyl (C=O) groups is 1. The Labute approximate surface area is 164 Å². The molecule has 3 aromatic rings. The maximum atomic E-state index is 12.8. The lowest BCUT2D eigenvalue weighted by Gasteiger charge is -2.31. The maximum Gasteiger partial charge on any atom is 0.225 e. The number of rotatable bonds is 6. The van der Waals surface area contributed by atoms with Gasteiger partial charge < -0.3 is 19.9 Å². The van der Waals surface area contributed by atoms with E-state index in [0.717, 1.165) is 47.7 Å². The first-order valence-corrected chi connectivity index (χ1v) is 9.92. The summed E-state index contributed by atoms with van der Waals surface area (Å²) >= 11 is 0. The van der Waals surface area contributed by atoms with Crippen LogP contribution in [0.1, 0.15) is 25.3 Å². The van der Waals surface area contributed by atoms with Gasteiger partial charge in [-0.15, -0.1) is 0 Å². The molecule has 1 atom stereocenters. The molecule has 4 rings (SSSR count). The third kappa shape index (κ3) is 3.96. The second kappa shape index (κ2) is 8.33. The lowest BCUT2D eigenvalue weighted by atomic mass is 9.97. The van der Waals surface area contributed by atoms with Crippen LogP contribution in [0.25, 0.3) is 11.0 Å². The van der Waals surface area contributed by atoms with Gasteiger partial charge in [-0.3, -0.25) is 4.79 Å².